The van der Waals surface area contributed by atoms with Gasteiger partial charge < -0.3 is 14.9 Å². The fraction of sp³-hybridized carbons (Fsp3) is 0.214. The van der Waals surface area contributed by atoms with Gasteiger partial charge in [-0.05, 0) is 16.8 Å². The average Bonchev–Trinajstić information content (AvgIpc) is 2.44. The molecule has 4 heteroatoms. The molecular weight excluding hydrogens is 230 g/mol. The van der Waals surface area contributed by atoms with Crippen LogP contribution >= 0.6 is 0 Å². The Balaban J connectivity index is 2.69. The molecule has 2 N–H and O–H groups in total. The second-order valence-electron chi connectivity index (χ2n) is 3.92. The summed E-state index contributed by atoms with van der Waals surface area (Å²) in [5, 5.41) is 29.9. The Morgan fingerprint density at radius 3 is 2.56 bits per heavy atom. The third kappa shape index (κ3) is 2.02. The number of aliphatic hydroxyl groups is 2. The lowest BCUT2D eigenvalue weighted by Crippen LogP contribution is -2.17. The highest BCUT2D eigenvalue weighted by atomic mass is 16.5. The van der Waals surface area contributed by atoms with Gasteiger partial charge in [0.05, 0.1) is 13.2 Å². The molecule has 92 valence electrons. The zero-order valence-electron chi connectivity index (χ0n) is 9.87. The molecule has 2 atom stereocenters. The van der Waals surface area contributed by atoms with E-state index in [0.29, 0.717) is 11.3 Å². The molecule has 0 aliphatic carbocycles. The number of hydrogen-bond acceptors (Lipinski definition) is 4. The molecule has 0 heterocycles. The number of aliphatic hydroxyl groups excluding tert-OH is 2. The maximum Gasteiger partial charge on any atom is 0.170 e. The molecule has 0 saturated heterocycles. The van der Waals surface area contributed by atoms with Crippen molar-refractivity contribution in [2.75, 3.05) is 7.11 Å². The molecule has 2 unspecified atom stereocenters. The van der Waals surface area contributed by atoms with Crippen LogP contribution in [-0.4, -0.2) is 23.4 Å². The highest BCUT2D eigenvalue weighted by Gasteiger charge is 2.23. The first-order valence-electron chi connectivity index (χ1n) is 5.50. The van der Waals surface area contributed by atoms with E-state index in [1.165, 1.54) is 7.11 Å². The number of ether oxygens (including phenoxy) is 1. The molecule has 0 bridgehead atoms. The second kappa shape index (κ2) is 5.05. The summed E-state index contributed by atoms with van der Waals surface area (Å²) in [5.74, 6) is 0.454. The monoisotopic (exact) mass is 243 g/mol. The predicted molar refractivity (Wildman–Crippen MR) is 67.1 cm³/mol. The number of nitrogens with zero attached hydrogens (tertiary/aromatic N) is 1. The Bertz CT molecular complexity index is 604. The van der Waals surface area contributed by atoms with Gasteiger partial charge in [0.15, 0.2) is 6.10 Å². The van der Waals surface area contributed by atoms with Gasteiger partial charge in [-0.25, -0.2) is 0 Å². The van der Waals surface area contributed by atoms with Gasteiger partial charge >= 0.3 is 0 Å². The Hall–Kier alpha value is -2.09. The second-order valence-corrected chi connectivity index (χ2v) is 3.92. The molecular formula is C14H13NO3. The Morgan fingerprint density at radius 1 is 1.17 bits per heavy atom. The highest BCUT2D eigenvalue weighted by Crippen LogP contribution is 2.34. The summed E-state index contributed by atoms with van der Waals surface area (Å²) in [4.78, 5) is 0. The van der Waals surface area contributed by atoms with Crippen molar-refractivity contribution in [1.82, 2.24) is 0 Å². The van der Waals surface area contributed by atoms with Crippen LogP contribution in [0, 0.1) is 11.3 Å². The molecule has 0 aliphatic rings. The maximum atomic E-state index is 10.0. The van der Waals surface area contributed by atoms with Crippen molar-refractivity contribution in [3.63, 3.8) is 0 Å². The van der Waals surface area contributed by atoms with E-state index in [0.717, 1.165) is 10.8 Å². The summed E-state index contributed by atoms with van der Waals surface area (Å²) in [6.07, 6.45) is -2.78. The van der Waals surface area contributed by atoms with E-state index < -0.39 is 12.2 Å². The van der Waals surface area contributed by atoms with Gasteiger partial charge in [0.25, 0.3) is 0 Å². The lowest BCUT2D eigenvalue weighted by atomic mass is 9.96. The van der Waals surface area contributed by atoms with Gasteiger partial charge in [-0.1, -0.05) is 30.3 Å². The summed E-state index contributed by atoms with van der Waals surface area (Å²) in [5.41, 5.74) is 0.435. The van der Waals surface area contributed by atoms with Crippen LogP contribution in [0.2, 0.25) is 0 Å². The fourth-order valence-corrected chi connectivity index (χ4v) is 1.99. The van der Waals surface area contributed by atoms with Gasteiger partial charge in [0, 0.05) is 5.56 Å². The lowest BCUT2D eigenvalue weighted by Gasteiger charge is -2.18. The maximum absolute atomic E-state index is 10.0. The first kappa shape index (κ1) is 12.4. The lowest BCUT2D eigenvalue weighted by molar-refractivity contribution is 0.0521. The van der Waals surface area contributed by atoms with Crippen LogP contribution in [0.15, 0.2) is 36.4 Å². The molecule has 2 aromatic carbocycles. The fourth-order valence-electron chi connectivity index (χ4n) is 1.99. The van der Waals surface area contributed by atoms with Crippen molar-refractivity contribution in [3.05, 3.63) is 42.0 Å². The van der Waals surface area contributed by atoms with Crippen LogP contribution in [0.25, 0.3) is 10.8 Å². The van der Waals surface area contributed by atoms with Gasteiger partial charge in [0.2, 0.25) is 0 Å². The van der Waals surface area contributed by atoms with Crippen LogP contribution in [0.3, 0.4) is 0 Å². The van der Waals surface area contributed by atoms with E-state index in [-0.39, 0.29) is 0 Å². The van der Waals surface area contributed by atoms with Crippen molar-refractivity contribution in [2.45, 2.75) is 12.2 Å². The van der Waals surface area contributed by atoms with E-state index in [1.54, 1.807) is 12.1 Å². The van der Waals surface area contributed by atoms with E-state index in [9.17, 15) is 10.2 Å². The van der Waals surface area contributed by atoms with E-state index >= 15 is 0 Å². The normalized spacial score (nSPS) is 13.9. The minimum atomic E-state index is -1.48. The summed E-state index contributed by atoms with van der Waals surface area (Å²) in [7, 11) is 1.49. The average molecular weight is 243 g/mol. The van der Waals surface area contributed by atoms with Crippen molar-refractivity contribution in [2.24, 2.45) is 0 Å². The minimum absolute atomic E-state index is 0.435. The molecule has 2 aromatic rings. The standard InChI is InChI=1S/C14H13NO3/c1-18-12-7-6-9-4-2-3-5-10(9)13(12)14(17)11(16)8-15/h2-7,11,14,16-17H,1H3. The predicted octanol–water partition coefficient (Wildman–Crippen LogP) is 1.77. The van der Waals surface area contributed by atoms with Gasteiger partial charge in [-0.2, -0.15) is 5.26 Å². The largest absolute Gasteiger partial charge is 0.496 e. The summed E-state index contributed by atoms with van der Waals surface area (Å²) < 4.78 is 5.19. The molecule has 0 fully saturated rings. The zero-order chi connectivity index (χ0) is 13.1. The minimum Gasteiger partial charge on any atom is -0.496 e. The summed E-state index contributed by atoms with van der Waals surface area (Å²) >= 11 is 0. The van der Waals surface area contributed by atoms with E-state index in [1.807, 2.05) is 30.3 Å². The smallest absolute Gasteiger partial charge is 0.170 e. The van der Waals surface area contributed by atoms with Gasteiger partial charge in [-0.15, -0.1) is 0 Å². The summed E-state index contributed by atoms with van der Waals surface area (Å²) in [6, 6.07) is 12.6. The molecule has 0 radical (unpaired) electrons. The van der Waals surface area contributed by atoms with Crippen LogP contribution in [0.4, 0.5) is 0 Å². The van der Waals surface area contributed by atoms with E-state index in [2.05, 4.69) is 0 Å². The SMILES string of the molecule is COc1ccc2ccccc2c1C(O)C(O)C#N. The number of rotatable bonds is 3. The topological polar surface area (TPSA) is 73.5 Å². The number of benzene rings is 2. The third-order valence-electron chi connectivity index (χ3n) is 2.88. The number of nitriles is 1. The van der Waals surface area contributed by atoms with Crippen LogP contribution < -0.4 is 4.74 Å². The van der Waals surface area contributed by atoms with Crippen molar-refractivity contribution in [1.29, 1.82) is 5.26 Å². The van der Waals surface area contributed by atoms with Crippen LogP contribution in [0.5, 0.6) is 5.75 Å². The molecule has 2 rings (SSSR count). The van der Waals surface area contributed by atoms with Crippen molar-refractivity contribution < 1.29 is 14.9 Å². The van der Waals surface area contributed by atoms with Crippen LogP contribution in [-0.2, 0) is 0 Å². The molecule has 0 aromatic heterocycles. The third-order valence-corrected chi connectivity index (χ3v) is 2.88. The highest BCUT2D eigenvalue weighted by molar-refractivity contribution is 5.88. The molecule has 0 amide bonds. The summed E-state index contributed by atoms with van der Waals surface area (Å²) in [6.45, 7) is 0. The van der Waals surface area contributed by atoms with Gasteiger partial charge in [0.1, 0.15) is 11.9 Å². The zero-order valence-corrected chi connectivity index (χ0v) is 9.87. The Labute approximate surface area is 105 Å². The van der Waals surface area contributed by atoms with Crippen molar-refractivity contribution >= 4 is 10.8 Å². The number of methoxy groups -OCH3 is 1. The molecule has 18 heavy (non-hydrogen) atoms. The first-order valence-corrected chi connectivity index (χ1v) is 5.50. The van der Waals surface area contributed by atoms with Crippen molar-refractivity contribution in [3.8, 4) is 11.8 Å². The van der Waals surface area contributed by atoms with Crippen LogP contribution in [0.1, 0.15) is 11.7 Å². The Morgan fingerprint density at radius 2 is 1.89 bits per heavy atom. The van der Waals surface area contributed by atoms with Gasteiger partial charge in [-0.3, -0.25) is 0 Å². The van der Waals surface area contributed by atoms with E-state index in [4.69, 9.17) is 10.00 Å². The quantitative estimate of drug-likeness (QED) is 0.806. The number of fused-ring (bicyclic) bond motifs is 1. The Kier molecular flexibility index (Phi) is 3.47. The molecule has 0 spiro atoms. The number of hydrogen-bond donors (Lipinski definition) is 2. The first-order chi connectivity index (χ1) is 8.69. The molecule has 0 aliphatic heterocycles. The molecule has 4 nitrogen and oxygen atoms in total. The molecule has 0 saturated carbocycles.